The van der Waals surface area contributed by atoms with E-state index in [0.717, 1.165) is 45.2 Å². The van der Waals surface area contributed by atoms with E-state index in [1.165, 1.54) is 19.3 Å². The summed E-state index contributed by atoms with van der Waals surface area (Å²) in [7, 11) is 0. The molecule has 128 valence electrons. The second-order valence-corrected chi connectivity index (χ2v) is 7.08. The van der Waals surface area contributed by atoms with E-state index in [2.05, 4.69) is 20.8 Å². The van der Waals surface area contributed by atoms with Gasteiger partial charge in [0.25, 0.3) is 0 Å². The van der Waals surface area contributed by atoms with E-state index in [4.69, 9.17) is 4.52 Å². The highest BCUT2D eigenvalue weighted by atomic mass is 16.5. The molecule has 1 saturated carbocycles. The zero-order valence-electron chi connectivity index (χ0n) is 14.1. The first kappa shape index (κ1) is 16.4. The van der Waals surface area contributed by atoms with Crippen molar-refractivity contribution >= 4 is 5.91 Å². The standard InChI is InChI=1S/C17H28N4O2/c1-13-19-16(21-23-13)17(9-4-2-3-5-10-17)20-15(22)7-6-14-8-11-18-12-14/h14,18H,2-12H2,1H3,(H,20,22). The molecule has 1 atom stereocenters. The molecule has 0 radical (unpaired) electrons. The minimum absolute atomic E-state index is 0.126. The Morgan fingerprint density at radius 3 is 2.74 bits per heavy atom. The van der Waals surface area contributed by atoms with Crippen molar-refractivity contribution in [2.45, 2.75) is 70.3 Å². The first-order chi connectivity index (χ1) is 11.2. The second kappa shape index (κ2) is 7.43. The van der Waals surface area contributed by atoms with Crippen molar-refractivity contribution in [2.24, 2.45) is 5.92 Å². The summed E-state index contributed by atoms with van der Waals surface area (Å²) in [5.74, 6) is 1.99. The lowest BCUT2D eigenvalue weighted by Gasteiger charge is -2.31. The number of nitrogens with one attached hydrogen (secondary N) is 2. The van der Waals surface area contributed by atoms with Crippen LogP contribution in [0.4, 0.5) is 0 Å². The fourth-order valence-corrected chi connectivity index (χ4v) is 3.86. The van der Waals surface area contributed by atoms with E-state index in [0.29, 0.717) is 24.1 Å². The maximum absolute atomic E-state index is 12.5. The zero-order valence-corrected chi connectivity index (χ0v) is 14.1. The van der Waals surface area contributed by atoms with Crippen molar-refractivity contribution in [1.82, 2.24) is 20.8 Å². The zero-order chi connectivity index (χ0) is 16.1. The van der Waals surface area contributed by atoms with Crippen LogP contribution in [0.25, 0.3) is 0 Å². The average Bonchev–Trinajstić information content (AvgIpc) is 3.15. The van der Waals surface area contributed by atoms with Gasteiger partial charge in [-0.1, -0.05) is 30.8 Å². The summed E-state index contributed by atoms with van der Waals surface area (Å²) in [5, 5.41) is 10.8. The Balaban J connectivity index is 1.66. The van der Waals surface area contributed by atoms with Gasteiger partial charge in [-0.2, -0.15) is 4.98 Å². The molecule has 6 heteroatoms. The van der Waals surface area contributed by atoms with Gasteiger partial charge in [-0.15, -0.1) is 0 Å². The Morgan fingerprint density at radius 2 is 2.13 bits per heavy atom. The molecule has 23 heavy (non-hydrogen) atoms. The van der Waals surface area contributed by atoms with Crippen LogP contribution < -0.4 is 10.6 Å². The van der Waals surface area contributed by atoms with Gasteiger partial charge in [0.05, 0.1) is 0 Å². The molecular formula is C17H28N4O2. The summed E-state index contributed by atoms with van der Waals surface area (Å²) >= 11 is 0. The predicted octanol–water partition coefficient (Wildman–Crippen LogP) is 2.43. The quantitative estimate of drug-likeness (QED) is 0.815. The van der Waals surface area contributed by atoms with Gasteiger partial charge in [-0.25, -0.2) is 0 Å². The van der Waals surface area contributed by atoms with Crippen LogP contribution in [0.5, 0.6) is 0 Å². The van der Waals surface area contributed by atoms with Crippen molar-refractivity contribution in [3.05, 3.63) is 11.7 Å². The van der Waals surface area contributed by atoms with Gasteiger partial charge in [-0.05, 0) is 44.7 Å². The van der Waals surface area contributed by atoms with E-state index in [1.807, 2.05) is 0 Å². The number of hydrogen-bond acceptors (Lipinski definition) is 5. The molecule has 1 aliphatic carbocycles. The maximum atomic E-state index is 12.5. The van der Waals surface area contributed by atoms with Crippen LogP contribution in [0.3, 0.4) is 0 Å². The molecular weight excluding hydrogens is 292 g/mol. The van der Waals surface area contributed by atoms with Crippen molar-refractivity contribution in [3.8, 4) is 0 Å². The summed E-state index contributed by atoms with van der Waals surface area (Å²) in [5.41, 5.74) is -0.431. The number of hydrogen-bond donors (Lipinski definition) is 2. The van der Waals surface area contributed by atoms with E-state index in [-0.39, 0.29) is 5.91 Å². The molecule has 2 aliphatic rings. The molecule has 1 aliphatic heterocycles. The lowest BCUT2D eigenvalue weighted by molar-refractivity contribution is -0.123. The fraction of sp³-hybridized carbons (Fsp3) is 0.824. The molecule has 0 aromatic carbocycles. The Hall–Kier alpha value is -1.43. The van der Waals surface area contributed by atoms with Crippen molar-refractivity contribution in [3.63, 3.8) is 0 Å². The third-order valence-electron chi connectivity index (χ3n) is 5.23. The topological polar surface area (TPSA) is 80.0 Å². The Labute approximate surface area is 137 Å². The largest absolute Gasteiger partial charge is 0.343 e. The van der Waals surface area contributed by atoms with E-state index >= 15 is 0 Å². The van der Waals surface area contributed by atoms with Crippen molar-refractivity contribution in [2.75, 3.05) is 13.1 Å². The summed E-state index contributed by atoms with van der Waals surface area (Å²) in [6, 6.07) is 0. The van der Waals surface area contributed by atoms with Crippen LogP contribution in [0, 0.1) is 12.8 Å². The Kier molecular flexibility index (Phi) is 5.30. The third-order valence-corrected chi connectivity index (χ3v) is 5.23. The van der Waals surface area contributed by atoms with E-state index in [9.17, 15) is 4.79 Å². The number of aromatic nitrogens is 2. The highest BCUT2D eigenvalue weighted by Crippen LogP contribution is 2.34. The minimum atomic E-state index is -0.431. The molecule has 2 fully saturated rings. The number of carbonyl (C=O) groups is 1. The molecule has 6 nitrogen and oxygen atoms in total. The monoisotopic (exact) mass is 320 g/mol. The molecule has 3 rings (SSSR count). The first-order valence-electron chi connectivity index (χ1n) is 9.00. The molecule has 1 amide bonds. The number of nitrogens with zero attached hydrogens (tertiary/aromatic N) is 2. The first-order valence-corrected chi connectivity index (χ1v) is 9.00. The summed E-state index contributed by atoms with van der Waals surface area (Å²) in [6.07, 6.45) is 9.16. The van der Waals surface area contributed by atoms with Crippen LogP contribution in [0.15, 0.2) is 4.52 Å². The summed E-state index contributed by atoms with van der Waals surface area (Å²) in [4.78, 5) is 17.0. The van der Waals surface area contributed by atoms with Crippen molar-refractivity contribution < 1.29 is 9.32 Å². The van der Waals surface area contributed by atoms with Gasteiger partial charge in [0.15, 0.2) is 5.82 Å². The maximum Gasteiger partial charge on any atom is 0.223 e. The number of rotatable bonds is 5. The fourth-order valence-electron chi connectivity index (χ4n) is 3.86. The summed E-state index contributed by atoms with van der Waals surface area (Å²) < 4.78 is 5.19. The van der Waals surface area contributed by atoms with Gasteiger partial charge >= 0.3 is 0 Å². The second-order valence-electron chi connectivity index (χ2n) is 7.08. The normalized spacial score (nSPS) is 24.3. The molecule has 0 bridgehead atoms. The third kappa shape index (κ3) is 4.10. The minimum Gasteiger partial charge on any atom is -0.343 e. The smallest absolute Gasteiger partial charge is 0.223 e. The number of amides is 1. The van der Waals surface area contributed by atoms with Crippen molar-refractivity contribution in [1.29, 1.82) is 0 Å². The van der Waals surface area contributed by atoms with Gasteiger partial charge in [0, 0.05) is 13.3 Å². The SMILES string of the molecule is Cc1nc(C2(NC(=O)CCC3CCNC3)CCCCCC2)no1. The highest BCUT2D eigenvalue weighted by molar-refractivity contribution is 5.76. The van der Waals surface area contributed by atoms with Gasteiger partial charge in [0.2, 0.25) is 11.8 Å². The van der Waals surface area contributed by atoms with Gasteiger partial charge in [-0.3, -0.25) is 4.79 Å². The van der Waals surface area contributed by atoms with Gasteiger partial charge < -0.3 is 15.2 Å². The molecule has 0 spiro atoms. The van der Waals surface area contributed by atoms with E-state index < -0.39 is 5.54 Å². The predicted molar refractivity (Wildman–Crippen MR) is 86.8 cm³/mol. The summed E-state index contributed by atoms with van der Waals surface area (Å²) in [6.45, 7) is 3.93. The molecule has 2 heterocycles. The van der Waals surface area contributed by atoms with Crippen LogP contribution >= 0.6 is 0 Å². The number of aryl methyl sites for hydroxylation is 1. The molecule has 1 unspecified atom stereocenters. The molecule has 1 aromatic heterocycles. The highest BCUT2D eigenvalue weighted by Gasteiger charge is 2.38. The van der Waals surface area contributed by atoms with Crippen LogP contribution in [0.1, 0.15) is 69.5 Å². The molecule has 1 aromatic rings. The lowest BCUT2D eigenvalue weighted by Crippen LogP contribution is -2.46. The molecule has 2 N–H and O–H groups in total. The Morgan fingerprint density at radius 1 is 1.35 bits per heavy atom. The van der Waals surface area contributed by atoms with Gasteiger partial charge in [0.1, 0.15) is 5.54 Å². The van der Waals surface area contributed by atoms with Crippen LogP contribution in [-0.2, 0) is 10.3 Å². The lowest BCUT2D eigenvalue weighted by atomic mass is 9.88. The average molecular weight is 320 g/mol. The van der Waals surface area contributed by atoms with E-state index in [1.54, 1.807) is 6.92 Å². The molecule has 1 saturated heterocycles. The number of carbonyl (C=O) groups excluding carboxylic acids is 1. The van der Waals surface area contributed by atoms with Crippen LogP contribution in [0.2, 0.25) is 0 Å². The van der Waals surface area contributed by atoms with Crippen LogP contribution in [-0.4, -0.2) is 29.1 Å². The Bertz CT molecular complexity index is 514.